The van der Waals surface area contributed by atoms with Crippen molar-refractivity contribution < 1.29 is 4.79 Å². The molecule has 3 heterocycles. The zero-order valence-corrected chi connectivity index (χ0v) is 15.1. The van der Waals surface area contributed by atoms with Crippen LogP contribution in [0.2, 0.25) is 0 Å². The first-order valence-corrected chi connectivity index (χ1v) is 9.26. The summed E-state index contributed by atoms with van der Waals surface area (Å²) in [6.45, 7) is 4.49. The van der Waals surface area contributed by atoms with Crippen molar-refractivity contribution in [1.82, 2.24) is 9.55 Å². The number of aromatic nitrogens is 2. The molecule has 0 atom stereocenters. The monoisotopic (exact) mass is 348 g/mol. The Labute approximate surface area is 153 Å². The number of carbonyl (C=O) groups is 1. The summed E-state index contributed by atoms with van der Waals surface area (Å²) in [7, 11) is 0. The number of anilines is 2. The van der Waals surface area contributed by atoms with E-state index in [-0.39, 0.29) is 12.5 Å². The molecule has 0 bridgehead atoms. The average Bonchev–Trinajstić information content (AvgIpc) is 2.98. The number of hydrogen-bond donors (Lipinski definition) is 1. The third-order valence-corrected chi connectivity index (χ3v) is 5.06. The van der Waals surface area contributed by atoms with Crippen molar-refractivity contribution >= 4 is 28.3 Å². The fourth-order valence-corrected chi connectivity index (χ4v) is 3.68. The summed E-state index contributed by atoms with van der Waals surface area (Å²) < 4.78 is 2.03. The predicted molar refractivity (Wildman–Crippen MR) is 106 cm³/mol. The van der Waals surface area contributed by atoms with E-state index in [9.17, 15) is 4.79 Å². The molecule has 5 nitrogen and oxygen atoms in total. The minimum absolute atomic E-state index is 0.0623. The summed E-state index contributed by atoms with van der Waals surface area (Å²) in [6, 6.07) is 14.2. The zero-order chi connectivity index (χ0) is 17.9. The van der Waals surface area contributed by atoms with Crippen molar-refractivity contribution in [2.24, 2.45) is 0 Å². The number of nitrogens with zero attached hydrogens (tertiary/aromatic N) is 3. The molecule has 0 aliphatic carbocycles. The van der Waals surface area contributed by atoms with Crippen LogP contribution in [-0.2, 0) is 11.3 Å². The molecule has 5 heteroatoms. The Balaban J connectivity index is 1.43. The normalized spacial score (nSPS) is 14.6. The highest BCUT2D eigenvalue weighted by Gasteiger charge is 2.13. The van der Waals surface area contributed by atoms with Gasteiger partial charge in [-0.3, -0.25) is 4.79 Å². The van der Waals surface area contributed by atoms with Crippen LogP contribution in [0.3, 0.4) is 0 Å². The maximum Gasteiger partial charge on any atom is 0.245 e. The number of carbonyl (C=O) groups excluding carboxylic acids is 1. The second kappa shape index (κ2) is 7.20. The Hall–Kier alpha value is -2.82. The topological polar surface area (TPSA) is 50.2 Å². The Kier molecular flexibility index (Phi) is 4.61. The molecule has 3 aromatic rings. The maximum absolute atomic E-state index is 12.5. The van der Waals surface area contributed by atoms with Gasteiger partial charge in [-0.1, -0.05) is 18.2 Å². The third kappa shape index (κ3) is 3.43. The van der Waals surface area contributed by atoms with Gasteiger partial charge in [-0.2, -0.15) is 0 Å². The van der Waals surface area contributed by atoms with E-state index in [2.05, 4.69) is 27.3 Å². The van der Waals surface area contributed by atoms with E-state index in [1.807, 2.05) is 48.0 Å². The average molecular weight is 348 g/mol. The molecule has 1 fully saturated rings. The van der Waals surface area contributed by atoms with Gasteiger partial charge < -0.3 is 14.8 Å². The fourth-order valence-electron chi connectivity index (χ4n) is 3.68. The van der Waals surface area contributed by atoms with E-state index in [1.54, 1.807) is 0 Å². The van der Waals surface area contributed by atoms with Gasteiger partial charge in [0.1, 0.15) is 12.4 Å². The number of piperidine rings is 1. The summed E-state index contributed by atoms with van der Waals surface area (Å²) in [5.41, 5.74) is 3.29. The van der Waals surface area contributed by atoms with E-state index in [1.165, 1.54) is 19.3 Å². The first kappa shape index (κ1) is 16.6. The van der Waals surface area contributed by atoms with Crippen LogP contribution in [0.25, 0.3) is 10.9 Å². The van der Waals surface area contributed by atoms with Gasteiger partial charge in [0.05, 0.1) is 11.9 Å². The molecule has 1 saturated heterocycles. The molecule has 4 rings (SSSR count). The molecule has 0 saturated carbocycles. The van der Waals surface area contributed by atoms with Crippen molar-refractivity contribution in [2.75, 3.05) is 23.3 Å². The van der Waals surface area contributed by atoms with Crippen LogP contribution in [0.15, 0.2) is 48.7 Å². The van der Waals surface area contributed by atoms with Crippen LogP contribution >= 0.6 is 0 Å². The fraction of sp³-hybridized carbons (Fsp3) is 0.333. The van der Waals surface area contributed by atoms with E-state index < -0.39 is 0 Å². The molecule has 1 aromatic carbocycles. The second-order valence-corrected chi connectivity index (χ2v) is 6.93. The highest BCUT2D eigenvalue weighted by molar-refractivity contribution is 5.91. The summed E-state index contributed by atoms with van der Waals surface area (Å²) in [4.78, 5) is 19.3. The van der Waals surface area contributed by atoms with Gasteiger partial charge in [0, 0.05) is 24.3 Å². The van der Waals surface area contributed by atoms with Gasteiger partial charge in [0.2, 0.25) is 5.91 Å². The largest absolute Gasteiger partial charge is 0.370 e. The lowest BCUT2D eigenvalue weighted by Gasteiger charge is -2.28. The molecule has 26 heavy (non-hydrogen) atoms. The van der Waals surface area contributed by atoms with E-state index in [0.29, 0.717) is 5.82 Å². The van der Waals surface area contributed by atoms with Crippen molar-refractivity contribution in [1.29, 1.82) is 0 Å². The van der Waals surface area contributed by atoms with Crippen LogP contribution in [0, 0.1) is 6.92 Å². The number of fused-ring (bicyclic) bond motifs is 1. The number of pyridine rings is 1. The first-order chi connectivity index (χ1) is 12.7. The number of hydrogen-bond acceptors (Lipinski definition) is 3. The highest BCUT2D eigenvalue weighted by Crippen LogP contribution is 2.21. The molecule has 1 aliphatic rings. The smallest absolute Gasteiger partial charge is 0.245 e. The van der Waals surface area contributed by atoms with Gasteiger partial charge in [0.15, 0.2) is 0 Å². The molecule has 134 valence electrons. The van der Waals surface area contributed by atoms with Crippen LogP contribution in [0.4, 0.5) is 11.5 Å². The van der Waals surface area contributed by atoms with Crippen LogP contribution < -0.4 is 10.2 Å². The van der Waals surface area contributed by atoms with E-state index in [0.717, 1.165) is 35.4 Å². The standard InChI is InChI=1S/C21H24N4O/c1-16-13-17-7-3-4-8-19(17)25(16)15-21(26)23-20-10-9-18(14-22-20)24-11-5-2-6-12-24/h3-4,7-10,13-14H,2,5-6,11-12,15H2,1H3,(H,22,23,26). The lowest BCUT2D eigenvalue weighted by atomic mass is 10.1. The quantitative estimate of drug-likeness (QED) is 0.776. The molecule has 0 radical (unpaired) electrons. The zero-order valence-electron chi connectivity index (χ0n) is 15.1. The lowest BCUT2D eigenvalue weighted by Crippen LogP contribution is -2.29. The molecule has 1 aliphatic heterocycles. The third-order valence-electron chi connectivity index (χ3n) is 5.06. The Morgan fingerprint density at radius 1 is 1.12 bits per heavy atom. The molecule has 0 spiro atoms. The van der Waals surface area contributed by atoms with E-state index >= 15 is 0 Å². The van der Waals surface area contributed by atoms with Crippen molar-refractivity contribution in [3.8, 4) is 0 Å². The van der Waals surface area contributed by atoms with Gasteiger partial charge in [-0.15, -0.1) is 0 Å². The summed E-state index contributed by atoms with van der Waals surface area (Å²) in [5, 5.41) is 4.07. The number of amides is 1. The summed E-state index contributed by atoms with van der Waals surface area (Å²) in [6.07, 6.45) is 5.65. The SMILES string of the molecule is Cc1cc2ccccc2n1CC(=O)Nc1ccc(N2CCCCC2)cn1. The predicted octanol–water partition coefficient (Wildman–Crippen LogP) is 3.97. The lowest BCUT2D eigenvalue weighted by molar-refractivity contribution is -0.116. The Morgan fingerprint density at radius 2 is 1.92 bits per heavy atom. The Morgan fingerprint density at radius 3 is 2.69 bits per heavy atom. The molecular weight excluding hydrogens is 324 g/mol. The van der Waals surface area contributed by atoms with E-state index in [4.69, 9.17) is 0 Å². The number of benzene rings is 1. The molecule has 2 aromatic heterocycles. The second-order valence-electron chi connectivity index (χ2n) is 6.93. The van der Waals surface area contributed by atoms with Crippen LogP contribution in [0.1, 0.15) is 25.0 Å². The van der Waals surface area contributed by atoms with Crippen LogP contribution in [-0.4, -0.2) is 28.5 Å². The molecular formula is C21H24N4O. The van der Waals surface area contributed by atoms with Gasteiger partial charge in [-0.05, 0) is 55.8 Å². The van der Waals surface area contributed by atoms with Gasteiger partial charge >= 0.3 is 0 Å². The molecule has 0 unspecified atom stereocenters. The maximum atomic E-state index is 12.5. The minimum atomic E-state index is -0.0623. The van der Waals surface area contributed by atoms with Crippen molar-refractivity contribution in [3.05, 3.63) is 54.4 Å². The van der Waals surface area contributed by atoms with Gasteiger partial charge in [-0.25, -0.2) is 4.98 Å². The van der Waals surface area contributed by atoms with Gasteiger partial charge in [0.25, 0.3) is 0 Å². The molecule has 1 amide bonds. The number of para-hydroxylation sites is 1. The summed E-state index contributed by atoms with van der Waals surface area (Å²) >= 11 is 0. The Bertz CT molecular complexity index is 907. The molecule has 1 N–H and O–H groups in total. The number of nitrogens with one attached hydrogen (secondary N) is 1. The number of aryl methyl sites for hydroxylation is 1. The van der Waals surface area contributed by atoms with Crippen molar-refractivity contribution in [2.45, 2.75) is 32.7 Å². The first-order valence-electron chi connectivity index (χ1n) is 9.26. The minimum Gasteiger partial charge on any atom is -0.370 e. The van der Waals surface area contributed by atoms with Crippen LogP contribution in [0.5, 0.6) is 0 Å². The number of rotatable bonds is 4. The highest BCUT2D eigenvalue weighted by atomic mass is 16.2. The summed E-state index contributed by atoms with van der Waals surface area (Å²) in [5.74, 6) is 0.539. The van der Waals surface area contributed by atoms with Crippen molar-refractivity contribution in [3.63, 3.8) is 0 Å².